The van der Waals surface area contributed by atoms with E-state index in [1.807, 2.05) is 20.8 Å². The largest absolute Gasteiger partial charge is 0.444 e. The molecule has 174 valence electrons. The summed E-state index contributed by atoms with van der Waals surface area (Å²) in [6, 6.07) is 6.43. The summed E-state index contributed by atoms with van der Waals surface area (Å²) in [5, 5.41) is 0. The fourth-order valence-corrected chi connectivity index (χ4v) is 4.93. The van der Waals surface area contributed by atoms with E-state index in [0.29, 0.717) is 19.6 Å². The van der Waals surface area contributed by atoms with E-state index in [4.69, 9.17) is 4.74 Å². The lowest BCUT2D eigenvalue weighted by atomic mass is 10.1. The van der Waals surface area contributed by atoms with Crippen LogP contribution in [0.1, 0.15) is 38.3 Å². The predicted octanol–water partition coefficient (Wildman–Crippen LogP) is 2.18. The van der Waals surface area contributed by atoms with Crippen molar-refractivity contribution in [1.82, 2.24) is 14.5 Å². The number of carbonyl (C=O) groups excluding carboxylic acids is 1. The summed E-state index contributed by atoms with van der Waals surface area (Å²) in [4.78, 5) is 18.7. The van der Waals surface area contributed by atoms with Crippen LogP contribution in [0.3, 0.4) is 0 Å². The number of ether oxygens (including phenoxy) is 1. The van der Waals surface area contributed by atoms with Crippen LogP contribution >= 0.6 is 0 Å². The summed E-state index contributed by atoms with van der Waals surface area (Å²) in [5.41, 5.74) is 3.11. The van der Waals surface area contributed by atoms with Crippen molar-refractivity contribution < 1.29 is 17.9 Å². The van der Waals surface area contributed by atoms with Crippen molar-refractivity contribution in [2.24, 2.45) is 0 Å². The second-order valence-corrected chi connectivity index (χ2v) is 11.5. The Morgan fingerprint density at radius 2 is 1.84 bits per heavy atom. The molecular weight excluding hydrogens is 416 g/mol. The van der Waals surface area contributed by atoms with Crippen molar-refractivity contribution in [3.05, 3.63) is 29.3 Å². The molecule has 2 saturated heterocycles. The first-order valence-electron chi connectivity index (χ1n) is 10.9. The van der Waals surface area contributed by atoms with Gasteiger partial charge in [-0.25, -0.2) is 17.9 Å². The number of rotatable bonds is 5. The molecule has 1 atom stereocenters. The number of benzene rings is 1. The molecule has 2 aliphatic heterocycles. The Bertz CT molecular complexity index is 889. The fraction of sp³-hybridized carbons (Fsp3) is 0.682. The first-order chi connectivity index (χ1) is 14.4. The molecule has 0 saturated carbocycles. The van der Waals surface area contributed by atoms with Crippen LogP contribution in [-0.2, 0) is 21.3 Å². The number of hydrogen-bond acceptors (Lipinski definition) is 6. The number of nitrogens with one attached hydrogen (secondary N) is 1. The highest BCUT2D eigenvalue weighted by atomic mass is 32.2. The molecule has 0 bridgehead atoms. The zero-order valence-corrected chi connectivity index (χ0v) is 20.2. The van der Waals surface area contributed by atoms with Gasteiger partial charge in [-0.2, -0.15) is 0 Å². The van der Waals surface area contributed by atoms with Crippen molar-refractivity contribution in [3.8, 4) is 0 Å². The molecule has 0 aromatic heterocycles. The van der Waals surface area contributed by atoms with Gasteiger partial charge in [-0.05, 0) is 51.3 Å². The molecule has 0 spiro atoms. The maximum Gasteiger partial charge on any atom is 0.410 e. The Morgan fingerprint density at radius 3 is 2.45 bits per heavy atom. The summed E-state index contributed by atoms with van der Waals surface area (Å²) >= 11 is 0. The Labute approximate surface area is 186 Å². The average molecular weight is 453 g/mol. The van der Waals surface area contributed by atoms with Gasteiger partial charge < -0.3 is 14.5 Å². The highest BCUT2D eigenvalue weighted by Gasteiger charge is 2.28. The number of aryl methyl sites for hydroxylation is 1. The third-order valence-corrected chi connectivity index (χ3v) is 6.33. The molecule has 9 heteroatoms. The van der Waals surface area contributed by atoms with Crippen molar-refractivity contribution >= 4 is 21.8 Å². The van der Waals surface area contributed by atoms with Crippen LogP contribution in [0.15, 0.2) is 18.2 Å². The molecule has 3 rings (SSSR count). The Kier molecular flexibility index (Phi) is 7.18. The van der Waals surface area contributed by atoms with Crippen LogP contribution in [0.25, 0.3) is 0 Å². The Hall–Kier alpha value is -1.84. The van der Waals surface area contributed by atoms with Gasteiger partial charge in [0.15, 0.2) is 0 Å². The predicted molar refractivity (Wildman–Crippen MR) is 123 cm³/mol. The van der Waals surface area contributed by atoms with Crippen molar-refractivity contribution in [3.63, 3.8) is 0 Å². The first-order valence-corrected chi connectivity index (χ1v) is 12.8. The van der Waals surface area contributed by atoms with Crippen molar-refractivity contribution in [2.75, 3.05) is 50.4 Å². The van der Waals surface area contributed by atoms with Crippen LogP contribution in [0.4, 0.5) is 10.5 Å². The van der Waals surface area contributed by atoms with Gasteiger partial charge >= 0.3 is 6.09 Å². The SMILES string of the molecule is Cc1ccc(CN2CCN(C(=O)OC(C)(C)C)CC2)c(N2CC[C@@H](NS(C)(=O)=O)C2)c1. The van der Waals surface area contributed by atoms with E-state index in [0.717, 1.165) is 32.6 Å². The van der Waals surface area contributed by atoms with E-state index >= 15 is 0 Å². The summed E-state index contributed by atoms with van der Waals surface area (Å²) in [5.74, 6) is 0. The van der Waals surface area contributed by atoms with E-state index in [9.17, 15) is 13.2 Å². The van der Waals surface area contributed by atoms with Gasteiger partial charge in [0.05, 0.1) is 6.26 Å². The van der Waals surface area contributed by atoms with Gasteiger partial charge in [0.25, 0.3) is 0 Å². The van der Waals surface area contributed by atoms with Gasteiger partial charge in [-0.3, -0.25) is 4.90 Å². The second-order valence-electron chi connectivity index (χ2n) is 9.70. The summed E-state index contributed by atoms with van der Waals surface area (Å²) < 4.78 is 31.4. The molecule has 1 aromatic carbocycles. The monoisotopic (exact) mass is 452 g/mol. The van der Waals surface area contributed by atoms with Crippen LogP contribution in [0, 0.1) is 6.92 Å². The minimum Gasteiger partial charge on any atom is -0.444 e. The fourth-order valence-electron chi connectivity index (χ4n) is 4.14. The van der Waals surface area contributed by atoms with Gasteiger partial charge in [0.1, 0.15) is 5.60 Å². The maximum atomic E-state index is 12.3. The van der Waals surface area contributed by atoms with Gasteiger partial charge in [0.2, 0.25) is 10.0 Å². The summed E-state index contributed by atoms with van der Waals surface area (Å²) in [7, 11) is -3.21. The van der Waals surface area contributed by atoms with E-state index in [-0.39, 0.29) is 12.1 Å². The zero-order chi connectivity index (χ0) is 22.8. The highest BCUT2D eigenvalue weighted by molar-refractivity contribution is 7.88. The van der Waals surface area contributed by atoms with Gasteiger partial charge in [-0.1, -0.05) is 12.1 Å². The molecule has 2 aliphatic rings. The van der Waals surface area contributed by atoms with E-state index < -0.39 is 15.6 Å². The standard InChI is InChI=1S/C22H36N4O4S/c1-17-6-7-18(20(14-17)26-9-8-19(16-26)23-31(5,28)29)15-24-10-12-25(13-11-24)21(27)30-22(2,3)4/h6-7,14,19,23H,8-13,15-16H2,1-5H3/t19-/m1/s1. The van der Waals surface area contributed by atoms with E-state index in [1.54, 1.807) is 4.90 Å². The van der Waals surface area contributed by atoms with Crippen LogP contribution < -0.4 is 9.62 Å². The molecule has 2 heterocycles. The van der Waals surface area contributed by atoms with Gasteiger partial charge in [0, 0.05) is 57.5 Å². The lowest BCUT2D eigenvalue weighted by Gasteiger charge is -2.36. The molecule has 1 amide bonds. The number of nitrogens with zero attached hydrogens (tertiary/aromatic N) is 3. The topological polar surface area (TPSA) is 82.2 Å². The number of carbonyl (C=O) groups is 1. The third-order valence-electron chi connectivity index (χ3n) is 5.57. The number of sulfonamides is 1. The van der Waals surface area contributed by atoms with E-state index in [1.165, 1.54) is 23.1 Å². The quantitative estimate of drug-likeness (QED) is 0.737. The number of hydrogen-bond donors (Lipinski definition) is 1. The first kappa shape index (κ1) is 23.8. The Morgan fingerprint density at radius 1 is 1.16 bits per heavy atom. The molecule has 1 N–H and O–H groups in total. The minimum absolute atomic E-state index is 0.0549. The van der Waals surface area contributed by atoms with Crippen molar-refractivity contribution in [1.29, 1.82) is 0 Å². The molecule has 8 nitrogen and oxygen atoms in total. The maximum absolute atomic E-state index is 12.3. The van der Waals surface area contributed by atoms with Crippen molar-refractivity contribution in [2.45, 2.75) is 52.3 Å². The summed E-state index contributed by atoms with van der Waals surface area (Å²) in [6.45, 7) is 12.9. The molecule has 31 heavy (non-hydrogen) atoms. The van der Waals surface area contributed by atoms with Crippen LogP contribution in [-0.4, -0.2) is 81.5 Å². The number of anilines is 1. The molecule has 2 fully saturated rings. The molecular formula is C22H36N4O4S. The van der Waals surface area contributed by atoms with E-state index in [2.05, 4.69) is 39.6 Å². The van der Waals surface area contributed by atoms with Crippen LogP contribution in [0.2, 0.25) is 0 Å². The molecule has 0 unspecified atom stereocenters. The highest BCUT2D eigenvalue weighted by Crippen LogP contribution is 2.28. The lowest BCUT2D eigenvalue weighted by Crippen LogP contribution is -2.49. The molecule has 1 aromatic rings. The minimum atomic E-state index is -3.21. The molecule has 0 aliphatic carbocycles. The number of piperazine rings is 1. The normalized spacial score (nSPS) is 20.9. The number of amides is 1. The Balaban J connectivity index is 1.61. The smallest absolute Gasteiger partial charge is 0.410 e. The van der Waals surface area contributed by atoms with Crippen LogP contribution in [0.5, 0.6) is 0 Å². The van der Waals surface area contributed by atoms with Gasteiger partial charge in [-0.15, -0.1) is 0 Å². The summed E-state index contributed by atoms with van der Waals surface area (Å²) in [6.07, 6.45) is 1.77. The lowest BCUT2D eigenvalue weighted by molar-refractivity contribution is 0.0139. The third kappa shape index (κ3) is 7.08. The second kappa shape index (κ2) is 9.34. The average Bonchev–Trinajstić information content (AvgIpc) is 3.08. The zero-order valence-electron chi connectivity index (χ0n) is 19.3. The molecule has 0 radical (unpaired) electrons.